The molecular formula is C15H27N5. The van der Waals surface area contributed by atoms with Crippen LogP contribution in [0.4, 0.5) is 0 Å². The quantitative estimate of drug-likeness (QED) is 0.908. The van der Waals surface area contributed by atoms with Crippen molar-refractivity contribution in [2.45, 2.75) is 58.2 Å². The van der Waals surface area contributed by atoms with Crippen molar-refractivity contribution in [1.82, 2.24) is 25.0 Å². The predicted molar refractivity (Wildman–Crippen MR) is 79.6 cm³/mol. The summed E-state index contributed by atoms with van der Waals surface area (Å²) in [6, 6.07) is 0.818. The van der Waals surface area contributed by atoms with E-state index in [1.54, 1.807) is 0 Å². The number of hydrogen-bond donors (Lipinski definition) is 1. The third-order valence-electron chi connectivity index (χ3n) is 4.91. The monoisotopic (exact) mass is 277 g/mol. The van der Waals surface area contributed by atoms with E-state index in [1.807, 2.05) is 0 Å². The Morgan fingerprint density at radius 2 is 2.05 bits per heavy atom. The number of piperidine rings is 1. The maximum absolute atomic E-state index is 4.39. The fourth-order valence-electron chi connectivity index (χ4n) is 3.71. The highest BCUT2D eigenvalue weighted by Gasteiger charge is 2.26. The molecule has 3 atom stereocenters. The Bertz CT molecular complexity index is 455. The van der Waals surface area contributed by atoms with Crippen LogP contribution in [0.1, 0.15) is 50.8 Å². The minimum Gasteiger partial charge on any atom is -0.314 e. The van der Waals surface area contributed by atoms with E-state index in [1.165, 1.54) is 38.2 Å². The maximum atomic E-state index is 4.39. The molecule has 5 nitrogen and oxygen atoms in total. The van der Waals surface area contributed by atoms with Crippen LogP contribution in [0, 0.1) is 5.92 Å². The van der Waals surface area contributed by atoms with E-state index in [0.29, 0.717) is 6.04 Å². The highest BCUT2D eigenvalue weighted by Crippen LogP contribution is 2.23. The van der Waals surface area contributed by atoms with Gasteiger partial charge in [0.2, 0.25) is 0 Å². The van der Waals surface area contributed by atoms with Gasteiger partial charge in [0.15, 0.2) is 0 Å². The lowest BCUT2D eigenvalue weighted by Crippen LogP contribution is -2.44. The van der Waals surface area contributed by atoms with E-state index in [4.69, 9.17) is 0 Å². The summed E-state index contributed by atoms with van der Waals surface area (Å²) >= 11 is 0. The standard InChI is InChI=1S/C15H27N5/c1-11(13-6-4-8-19(3)10-13)16-12(2)15-18-17-14-7-5-9-20(14)15/h11-13,16H,4-10H2,1-3H3. The number of likely N-dealkylation sites (tertiary alicyclic amines) is 1. The van der Waals surface area contributed by atoms with E-state index in [2.05, 4.69) is 45.9 Å². The smallest absolute Gasteiger partial charge is 0.149 e. The summed E-state index contributed by atoms with van der Waals surface area (Å²) < 4.78 is 2.30. The molecule has 0 amide bonds. The second kappa shape index (κ2) is 5.82. The average molecular weight is 277 g/mol. The van der Waals surface area contributed by atoms with E-state index in [9.17, 15) is 0 Å². The van der Waals surface area contributed by atoms with Gasteiger partial charge in [0.25, 0.3) is 0 Å². The lowest BCUT2D eigenvalue weighted by atomic mass is 9.91. The molecule has 1 saturated heterocycles. The zero-order valence-electron chi connectivity index (χ0n) is 13.0. The number of aryl methyl sites for hydroxylation is 1. The van der Waals surface area contributed by atoms with Crippen molar-refractivity contribution in [3.05, 3.63) is 11.6 Å². The highest BCUT2D eigenvalue weighted by atomic mass is 15.3. The third-order valence-corrected chi connectivity index (χ3v) is 4.91. The third kappa shape index (κ3) is 2.74. The Hall–Kier alpha value is -0.940. The first-order valence-corrected chi connectivity index (χ1v) is 8.01. The van der Waals surface area contributed by atoms with Gasteiger partial charge >= 0.3 is 0 Å². The summed E-state index contributed by atoms with van der Waals surface area (Å²) in [6.07, 6.45) is 4.96. The molecule has 0 radical (unpaired) electrons. The largest absolute Gasteiger partial charge is 0.314 e. The molecule has 3 unspecified atom stereocenters. The lowest BCUT2D eigenvalue weighted by Gasteiger charge is -2.35. The zero-order chi connectivity index (χ0) is 14.1. The van der Waals surface area contributed by atoms with Crippen LogP contribution in [0.25, 0.3) is 0 Å². The van der Waals surface area contributed by atoms with Gasteiger partial charge in [0.05, 0.1) is 6.04 Å². The molecule has 1 aromatic rings. The van der Waals surface area contributed by atoms with Gasteiger partial charge in [-0.15, -0.1) is 10.2 Å². The van der Waals surface area contributed by atoms with Crippen LogP contribution in [0.2, 0.25) is 0 Å². The van der Waals surface area contributed by atoms with Crippen molar-refractivity contribution in [3.8, 4) is 0 Å². The number of aromatic nitrogens is 3. The SMILES string of the molecule is CC(NC(C)C1CCCN(C)C1)c1nnc2n1CCC2. The van der Waals surface area contributed by atoms with Crippen molar-refractivity contribution in [1.29, 1.82) is 0 Å². The zero-order valence-corrected chi connectivity index (χ0v) is 13.0. The Balaban J connectivity index is 1.61. The van der Waals surface area contributed by atoms with Crippen LogP contribution in [0.3, 0.4) is 0 Å². The molecule has 20 heavy (non-hydrogen) atoms. The molecule has 112 valence electrons. The normalized spacial score (nSPS) is 26.4. The minimum absolute atomic E-state index is 0.289. The fourth-order valence-corrected chi connectivity index (χ4v) is 3.71. The van der Waals surface area contributed by atoms with Gasteiger partial charge in [-0.05, 0) is 52.6 Å². The summed E-state index contributed by atoms with van der Waals surface area (Å²) in [5.74, 6) is 3.03. The van der Waals surface area contributed by atoms with Crippen LogP contribution in [0.15, 0.2) is 0 Å². The Labute approximate surface area is 121 Å². The van der Waals surface area contributed by atoms with Crippen LogP contribution in [-0.4, -0.2) is 45.8 Å². The Morgan fingerprint density at radius 3 is 2.85 bits per heavy atom. The molecule has 3 heterocycles. The minimum atomic E-state index is 0.289. The molecular weight excluding hydrogens is 250 g/mol. The van der Waals surface area contributed by atoms with Crippen molar-refractivity contribution >= 4 is 0 Å². The number of rotatable bonds is 4. The van der Waals surface area contributed by atoms with Gasteiger partial charge in [-0.1, -0.05) is 0 Å². The Kier molecular flexibility index (Phi) is 4.08. The summed E-state index contributed by atoms with van der Waals surface area (Å²) in [5, 5.41) is 12.5. The van der Waals surface area contributed by atoms with Crippen LogP contribution in [0.5, 0.6) is 0 Å². The fraction of sp³-hybridized carbons (Fsp3) is 0.867. The summed E-state index contributed by atoms with van der Waals surface area (Å²) in [4.78, 5) is 2.45. The second-order valence-corrected chi connectivity index (χ2v) is 6.57. The molecule has 5 heteroatoms. The first-order valence-electron chi connectivity index (χ1n) is 8.01. The second-order valence-electron chi connectivity index (χ2n) is 6.57. The molecule has 1 aromatic heterocycles. The maximum Gasteiger partial charge on any atom is 0.149 e. The topological polar surface area (TPSA) is 46.0 Å². The molecule has 0 aliphatic carbocycles. The predicted octanol–water partition coefficient (Wildman–Crippen LogP) is 1.61. The summed E-state index contributed by atoms with van der Waals surface area (Å²) in [7, 11) is 2.23. The van der Waals surface area contributed by atoms with E-state index < -0.39 is 0 Å². The average Bonchev–Trinajstić information content (AvgIpc) is 3.00. The van der Waals surface area contributed by atoms with Gasteiger partial charge in [-0.3, -0.25) is 0 Å². The number of fused-ring (bicyclic) bond motifs is 1. The van der Waals surface area contributed by atoms with E-state index in [0.717, 1.165) is 24.7 Å². The first kappa shape index (κ1) is 14.0. The van der Waals surface area contributed by atoms with Crippen molar-refractivity contribution < 1.29 is 0 Å². The number of nitrogens with zero attached hydrogens (tertiary/aromatic N) is 4. The Morgan fingerprint density at radius 1 is 1.20 bits per heavy atom. The van der Waals surface area contributed by atoms with Crippen LogP contribution in [-0.2, 0) is 13.0 Å². The van der Waals surface area contributed by atoms with Crippen LogP contribution >= 0.6 is 0 Å². The summed E-state index contributed by atoms with van der Waals surface area (Å²) in [5.41, 5.74) is 0. The number of hydrogen-bond acceptors (Lipinski definition) is 4. The molecule has 1 N–H and O–H groups in total. The van der Waals surface area contributed by atoms with Gasteiger partial charge in [0, 0.05) is 25.6 Å². The van der Waals surface area contributed by atoms with E-state index in [-0.39, 0.29) is 6.04 Å². The molecule has 2 aliphatic heterocycles. The van der Waals surface area contributed by atoms with Crippen molar-refractivity contribution in [2.75, 3.05) is 20.1 Å². The van der Waals surface area contributed by atoms with E-state index >= 15 is 0 Å². The summed E-state index contributed by atoms with van der Waals surface area (Å²) in [6.45, 7) is 8.08. The molecule has 1 fully saturated rings. The van der Waals surface area contributed by atoms with Gasteiger partial charge < -0.3 is 14.8 Å². The van der Waals surface area contributed by atoms with Crippen molar-refractivity contribution in [3.63, 3.8) is 0 Å². The molecule has 0 spiro atoms. The molecule has 2 aliphatic rings. The molecule has 0 bridgehead atoms. The molecule has 0 aromatic carbocycles. The number of nitrogens with one attached hydrogen (secondary N) is 1. The van der Waals surface area contributed by atoms with Crippen molar-refractivity contribution in [2.24, 2.45) is 5.92 Å². The van der Waals surface area contributed by atoms with Gasteiger partial charge in [-0.2, -0.15) is 0 Å². The molecule has 0 saturated carbocycles. The highest BCUT2D eigenvalue weighted by molar-refractivity contribution is 5.04. The van der Waals surface area contributed by atoms with Gasteiger partial charge in [-0.25, -0.2) is 0 Å². The first-order chi connectivity index (χ1) is 9.65. The van der Waals surface area contributed by atoms with Gasteiger partial charge in [0.1, 0.15) is 11.6 Å². The molecule has 3 rings (SSSR count). The van der Waals surface area contributed by atoms with Crippen LogP contribution < -0.4 is 5.32 Å². The lowest BCUT2D eigenvalue weighted by molar-refractivity contribution is 0.173.